The third-order valence-electron chi connectivity index (χ3n) is 2.28. The Balaban J connectivity index is 0.00000112. The minimum Gasteiger partial charge on any atom is -0.490 e. The number of nitriles is 1. The highest BCUT2D eigenvalue weighted by atomic mass is 35.5. The summed E-state index contributed by atoms with van der Waals surface area (Å²) in [5.41, 5.74) is 6.65. The van der Waals surface area contributed by atoms with Crippen molar-refractivity contribution < 1.29 is 9.13 Å². The molecule has 80 valence electrons. The maximum absolute atomic E-state index is 13.4. The second-order valence-corrected chi connectivity index (χ2v) is 3.23. The molecule has 15 heavy (non-hydrogen) atoms. The maximum atomic E-state index is 13.4. The predicted octanol–water partition coefficient (Wildman–Crippen LogP) is 1.90. The lowest BCUT2D eigenvalue weighted by atomic mass is 9.99. The molecule has 0 bridgehead atoms. The van der Waals surface area contributed by atoms with Crippen LogP contribution in [0, 0.1) is 17.1 Å². The van der Waals surface area contributed by atoms with Gasteiger partial charge in [0.05, 0.1) is 18.2 Å². The zero-order chi connectivity index (χ0) is 10.1. The molecule has 0 amide bonds. The molecule has 3 nitrogen and oxygen atoms in total. The second kappa shape index (κ2) is 4.47. The van der Waals surface area contributed by atoms with E-state index in [2.05, 4.69) is 0 Å². The quantitative estimate of drug-likeness (QED) is 0.738. The fourth-order valence-electron chi connectivity index (χ4n) is 1.55. The van der Waals surface area contributed by atoms with Gasteiger partial charge in [0.1, 0.15) is 0 Å². The first kappa shape index (κ1) is 11.8. The molecule has 2 rings (SSSR count). The highest BCUT2D eigenvalue weighted by molar-refractivity contribution is 5.85. The maximum Gasteiger partial charge on any atom is 0.166 e. The van der Waals surface area contributed by atoms with Crippen molar-refractivity contribution in [1.29, 1.82) is 5.26 Å². The first-order valence-electron chi connectivity index (χ1n) is 4.34. The van der Waals surface area contributed by atoms with Crippen molar-refractivity contribution in [3.63, 3.8) is 0 Å². The third-order valence-corrected chi connectivity index (χ3v) is 2.28. The van der Waals surface area contributed by atoms with Gasteiger partial charge in [0.15, 0.2) is 11.6 Å². The van der Waals surface area contributed by atoms with Gasteiger partial charge in [0.25, 0.3) is 0 Å². The van der Waals surface area contributed by atoms with E-state index in [-0.39, 0.29) is 29.8 Å². The molecule has 0 spiro atoms. The molecule has 1 heterocycles. The average molecular weight is 229 g/mol. The van der Waals surface area contributed by atoms with Crippen molar-refractivity contribution in [1.82, 2.24) is 0 Å². The summed E-state index contributed by atoms with van der Waals surface area (Å²) in [6, 6.07) is 4.40. The second-order valence-electron chi connectivity index (χ2n) is 3.23. The standard InChI is InChI=1S/C10H9FN2O.ClH/c11-8-4-6(5-12)3-7-9(13)1-2-14-10(7)8;/h3-4,9H,1-2,13H2;1H/t9-;/m0./s1. The molecule has 0 radical (unpaired) electrons. The van der Waals surface area contributed by atoms with E-state index in [9.17, 15) is 4.39 Å². The lowest BCUT2D eigenvalue weighted by Crippen LogP contribution is -2.21. The molecule has 1 aliphatic rings. The summed E-state index contributed by atoms with van der Waals surface area (Å²) < 4.78 is 18.5. The minimum absolute atomic E-state index is 0. The molecule has 0 saturated carbocycles. The van der Waals surface area contributed by atoms with Gasteiger partial charge in [-0.1, -0.05) is 0 Å². The van der Waals surface area contributed by atoms with E-state index < -0.39 is 5.82 Å². The Morgan fingerprint density at radius 2 is 2.27 bits per heavy atom. The fourth-order valence-corrected chi connectivity index (χ4v) is 1.55. The first-order chi connectivity index (χ1) is 6.72. The van der Waals surface area contributed by atoms with Crippen molar-refractivity contribution in [3.05, 3.63) is 29.1 Å². The van der Waals surface area contributed by atoms with Crippen LogP contribution in [0.5, 0.6) is 5.75 Å². The molecule has 1 aromatic rings. The van der Waals surface area contributed by atoms with Crippen LogP contribution in [0.1, 0.15) is 23.6 Å². The predicted molar refractivity (Wildman–Crippen MR) is 55.4 cm³/mol. The van der Waals surface area contributed by atoms with Gasteiger partial charge in [-0.15, -0.1) is 12.4 Å². The van der Waals surface area contributed by atoms with Gasteiger partial charge in [-0.25, -0.2) is 4.39 Å². The van der Waals surface area contributed by atoms with Crippen LogP contribution in [-0.2, 0) is 0 Å². The van der Waals surface area contributed by atoms with Crippen molar-refractivity contribution >= 4 is 12.4 Å². The topological polar surface area (TPSA) is 59.0 Å². The van der Waals surface area contributed by atoms with Crippen molar-refractivity contribution in [2.24, 2.45) is 5.73 Å². The number of hydrogen-bond acceptors (Lipinski definition) is 3. The number of fused-ring (bicyclic) bond motifs is 1. The molecule has 0 aromatic heterocycles. The lowest BCUT2D eigenvalue weighted by molar-refractivity contribution is 0.255. The summed E-state index contributed by atoms with van der Waals surface area (Å²) in [6.07, 6.45) is 0.654. The highest BCUT2D eigenvalue weighted by Gasteiger charge is 2.22. The molecule has 0 fully saturated rings. The van der Waals surface area contributed by atoms with Crippen LogP contribution in [0.15, 0.2) is 12.1 Å². The monoisotopic (exact) mass is 228 g/mol. The van der Waals surface area contributed by atoms with Gasteiger partial charge in [-0.2, -0.15) is 5.26 Å². The zero-order valence-electron chi connectivity index (χ0n) is 7.87. The Kier molecular flexibility index (Phi) is 3.51. The van der Waals surface area contributed by atoms with Gasteiger partial charge in [-0.05, 0) is 12.1 Å². The van der Waals surface area contributed by atoms with Crippen molar-refractivity contribution in [2.45, 2.75) is 12.5 Å². The van der Waals surface area contributed by atoms with Gasteiger partial charge in [0.2, 0.25) is 0 Å². The molecular formula is C10H10ClFN2O. The zero-order valence-corrected chi connectivity index (χ0v) is 8.68. The van der Waals surface area contributed by atoms with Gasteiger partial charge < -0.3 is 10.5 Å². The Morgan fingerprint density at radius 3 is 2.93 bits per heavy atom. The molecule has 2 N–H and O–H groups in total. The fraction of sp³-hybridized carbons (Fsp3) is 0.300. The Bertz CT molecular complexity index is 417. The van der Waals surface area contributed by atoms with E-state index in [1.165, 1.54) is 0 Å². The summed E-state index contributed by atoms with van der Waals surface area (Å²) in [5, 5.41) is 8.65. The summed E-state index contributed by atoms with van der Waals surface area (Å²) in [6.45, 7) is 0.428. The summed E-state index contributed by atoms with van der Waals surface area (Å²) >= 11 is 0. The van der Waals surface area contributed by atoms with Gasteiger partial charge >= 0.3 is 0 Å². The number of hydrogen-bond donors (Lipinski definition) is 1. The normalized spacial score (nSPS) is 18.1. The molecule has 0 aliphatic carbocycles. The molecule has 0 unspecified atom stereocenters. The number of nitrogens with two attached hydrogens (primary N) is 1. The largest absolute Gasteiger partial charge is 0.490 e. The van der Waals surface area contributed by atoms with E-state index in [1.54, 1.807) is 6.07 Å². The number of nitrogens with zero attached hydrogens (tertiary/aromatic N) is 1. The van der Waals surface area contributed by atoms with Crippen LogP contribution in [-0.4, -0.2) is 6.61 Å². The van der Waals surface area contributed by atoms with Crippen LogP contribution in [0.2, 0.25) is 0 Å². The smallest absolute Gasteiger partial charge is 0.166 e. The molecule has 5 heteroatoms. The van der Waals surface area contributed by atoms with E-state index in [4.69, 9.17) is 15.7 Å². The molecule has 1 aliphatic heterocycles. The molecule has 0 saturated heterocycles. The van der Waals surface area contributed by atoms with E-state index in [1.807, 2.05) is 6.07 Å². The summed E-state index contributed by atoms with van der Waals surface area (Å²) in [4.78, 5) is 0. The molecular weight excluding hydrogens is 219 g/mol. The van der Waals surface area contributed by atoms with E-state index >= 15 is 0 Å². The first-order valence-corrected chi connectivity index (χ1v) is 4.34. The highest BCUT2D eigenvalue weighted by Crippen LogP contribution is 2.33. The Morgan fingerprint density at radius 1 is 1.53 bits per heavy atom. The Labute approximate surface area is 93.0 Å². The van der Waals surface area contributed by atoms with E-state index in [0.29, 0.717) is 18.6 Å². The van der Waals surface area contributed by atoms with Gasteiger partial charge in [-0.3, -0.25) is 0 Å². The average Bonchev–Trinajstić information content (AvgIpc) is 2.19. The molecule has 1 aromatic carbocycles. The van der Waals surface area contributed by atoms with Crippen LogP contribution in [0.4, 0.5) is 4.39 Å². The summed E-state index contributed by atoms with van der Waals surface area (Å²) in [7, 11) is 0. The van der Waals surface area contributed by atoms with Crippen molar-refractivity contribution in [3.8, 4) is 11.8 Å². The Hall–Kier alpha value is -1.31. The van der Waals surface area contributed by atoms with Gasteiger partial charge in [0, 0.05) is 18.0 Å². The number of ether oxygens (including phenoxy) is 1. The molecule has 1 atom stereocenters. The van der Waals surface area contributed by atoms with Crippen molar-refractivity contribution in [2.75, 3.05) is 6.61 Å². The number of halogens is 2. The van der Waals surface area contributed by atoms with E-state index in [0.717, 1.165) is 6.07 Å². The number of benzene rings is 1. The van der Waals surface area contributed by atoms with Crippen LogP contribution < -0.4 is 10.5 Å². The van der Waals surface area contributed by atoms with Crippen LogP contribution in [0.3, 0.4) is 0 Å². The van der Waals surface area contributed by atoms with Crippen LogP contribution >= 0.6 is 12.4 Å². The SMILES string of the molecule is Cl.N#Cc1cc(F)c2c(c1)[C@@H](N)CCO2. The minimum atomic E-state index is -0.505. The van der Waals surface area contributed by atoms with Crippen LogP contribution in [0.25, 0.3) is 0 Å². The summed E-state index contributed by atoms with van der Waals surface area (Å²) in [5.74, 6) is -0.308. The lowest BCUT2D eigenvalue weighted by Gasteiger charge is -2.23. The third kappa shape index (κ3) is 2.04. The number of rotatable bonds is 0.